The van der Waals surface area contributed by atoms with E-state index in [1.807, 2.05) is 12.1 Å². The molecule has 1 aromatic rings. The number of hydrogen-bond donors (Lipinski definition) is 2. The number of anilines is 1. The van der Waals surface area contributed by atoms with Crippen molar-refractivity contribution in [3.05, 3.63) is 29.8 Å². The highest BCUT2D eigenvalue weighted by Crippen LogP contribution is 2.15. The van der Waals surface area contributed by atoms with Gasteiger partial charge in [-0.2, -0.15) is 0 Å². The van der Waals surface area contributed by atoms with Crippen LogP contribution in [0.1, 0.15) is 31.7 Å². The smallest absolute Gasteiger partial charge is 0.193 e. The second-order valence-electron chi connectivity index (χ2n) is 6.14. The number of halogens is 1. The van der Waals surface area contributed by atoms with E-state index in [1.54, 1.807) is 0 Å². The number of hydrogen-bond acceptors (Lipinski definition) is 2. The molecule has 3 N–H and O–H groups in total. The molecular weight excluding hydrogens is 387 g/mol. The van der Waals surface area contributed by atoms with Crippen molar-refractivity contribution < 1.29 is 0 Å². The Hall–Kier alpha value is -0.820. The van der Waals surface area contributed by atoms with Crippen molar-refractivity contribution in [2.45, 2.75) is 33.1 Å². The normalized spacial score (nSPS) is 17.1. The predicted octanol–water partition coefficient (Wildman–Crippen LogP) is 3.46. The first-order chi connectivity index (χ1) is 10.1. The van der Waals surface area contributed by atoms with Crippen LogP contribution in [0.4, 0.5) is 5.69 Å². The molecule has 1 fully saturated rings. The van der Waals surface area contributed by atoms with Crippen LogP contribution in [0.2, 0.25) is 0 Å². The van der Waals surface area contributed by atoms with Crippen LogP contribution in [-0.4, -0.2) is 37.0 Å². The minimum Gasteiger partial charge on any atom is -0.370 e. The van der Waals surface area contributed by atoms with Gasteiger partial charge in [0.2, 0.25) is 0 Å². The zero-order valence-corrected chi connectivity index (χ0v) is 16.0. The van der Waals surface area contributed by atoms with E-state index in [4.69, 9.17) is 5.73 Å². The molecule has 0 amide bonds. The Balaban J connectivity index is 0.00000242. The molecule has 22 heavy (non-hydrogen) atoms. The number of rotatable bonds is 5. The lowest BCUT2D eigenvalue weighted by molar-refractivity contribution is 0.192. The lowest BCUT2D eigenvalue weighted by Gasteiger charge is -2.29. The molecule has 5 heteroatoms. The maximum atomic E-state index is 5.91. The zero-order valence-electron chi connectivity index (χ0n) is 13.7. The fourth-order valence-electron chi connectivity index (χ4n) is 2.60. The van der Waals surface area contributed by atoms with Gasteiger partial charge in [0.25, 0.3) is 0 Å². The molecule has 0 aromatic heterocycles. The van der Waals surface area contributed by atoms with Crippen molar-refractivity contribution in [3.8, 4) is 0 Å². The summed E-state index contributed by atoms with van der Waals surface area (Å²) in [6.07, 6.45) is 3.74. The van der Waals surface area contributed by atoms with Crippen LogP contribution < -0.4 is 11.1 Å². The Kier molecular flexibility index (Phi) is 8.78. The molecule has 124 valence electrons. The first kappa shape index (κ1) is 19.2. The lowest BCUT2D eigenvalue weighted by Crippen LogP contribution is -2.34. The second-order valence-corrected chi connectivity index (χ2v) is 6.14. The molecule has 1 aliphatic heterocycles. The maximum absolute atomic E-state index is 5.91. The topological polar surface area (TPSA) is 53.6 Å². The van der Waals surface area contributed by atoms with E-state index in [1.165, 1.54) is 31.5 Å². The van der Waals surface area contributed by atoms with Gasteiger partial charge in [-0.05, 0) is 63.9 Å². The van der Waals surface area contributed by atoms with Gasteiger partial charge in [-0.1, -0.05) is 24.6 Å². The van der Waals surface area contributed by atoms with Crippen LogP contribution in [0.15, 0.2) is 29.3 Å². The van der Waals surface area contributed by atoms with E-state index >= 15 is 0 Å². The van der Waals surface area contributed by atoms with Crippen molar-refractivity contribution in [1.82, 2.24) is 4.90 Å². The minimum absolute atomic E-state index is 0. The van der Waals surface area contributed by atoms with E-state index in [-0.39, 0.29) is 24.0 Å². The predicted molar refractivity (Wildman–Crippen MR) is 106 cm³/mol. The molecule has 2 rings (SSSR count). The third-order valence-electron chi connectivity index (χ3n) is 4.11. The zero-order chi connectivity index (χ0) is 15.1. The number of guanidine groups is 1. The van der Waals surface area contributed by atoms with Crippen molar-refractivity contribution in [1.29, 1.82) is 0 Å². The Morgan fingerprint density at radius 3 is 2.55 bits per heavy atom. The molecular formula is C17H29IN4. The summed E-state index contributed by atoms with van der Waals surface area (Å²) in [6.45, 7) is 8.82. The lowest BCUT2D eigenvalue weighted by atomic mass is 9.99. The van der Waals surface area contributed by atoms with Gasteiger partial charge in [0.05, 0.1) is 0 Å². The molecule has 0 radical (unpaired) electrons. The second kappa shape index (κ2) is 10.0. The van der Waals surface area contributed by atoms with E-state index < -0.39 is 0 Å². The van der Waals surface area contributed by atoms with Crippen LogP contribution in [0.3, 0.4) is 0 Å². The first-order valence-electron chi connectivity index (χ1n) is 7.99. The van der Waals surface area contributed by atoms with Gasteiger partial charge < -0.3 is 16.0 Å². The van der Waals surface area contributed by atoms with Gasteiger partial charge in [0, 0.05) is 12.2 Å². The van der Waals surface area contributed by atoms with Crippen molar-refractivity contribution >= 4 is 35.6 Å². The van der Waals surface area contributed by atoms with Gasteiger partial charge in [0.15, 0.2) is 5.96 Å². The average Bonchev–Trinajstić information content (AvgIpc) is 2.48. The van der Waals surface area contributed by atoms with E-state index in [0.29, 0.717) is 5.96 Å². The summed E-state index contributed by atoms with van der Waals surface area (Å²) in [5.74, 6) is 1.40. The maximum Gasteiger partial charge on any atom is 0.193 e. The van der Waals surface area contributed by atoms with Crippen molar-refractivity contribution in [2.75, 3.05) is 31.5 Å². The third kappa shape index (κ3) is 6.96. The Labute approximate surface area is 151 Å². The SMILES string of the molecule is Cc1ccc(NC(N)=NCCCN2CCC(C)CC2)cc1.I. The summed E-state index contributed by atoms with van der Waals surface area (Å²) in [5.41, 5.74) is 8.14. The van der Waals surface area contributed by atoms with Gasteiger partial charge in [-0.15, -0.1) is 24.0 Å². The summed E-state index contributed by atoms with van der Waals surface area (Å²) in [7, 11) is 0. The monoisotopic (exact) mass is 416 g/mol. The van der Waals surface area contributed by atoms with Crippen LogP contribution in [0, 0.1) is 12.8 Å². The average molecular weight is 416 g/mol. The summed E-state index contributed by atoms with van der Waals surface area (Å²) < 4.78 is 0. The molecule has 4 nitrogen and oxygen atoms in total. The first-order valence-corrected chi connectivity index (χ1v) is 7.99. The van der Waals surface area contributed by atoms with E-state index in [2.05, 4.69) is 41.2 Å². The molecule has 1 heterocycles. The number of likely N-dealkylation sites (tertiary alicyclic amines) is 1. The highest BCUT2D eigenvalue weighted by Gasteiger charge is 2.14. The van der Waals surface area contributed by atoms with Crippen LogP contribution in [-0.2, 0) is 0 Å². The highest BCUT2D eigenvalue weighted by atomic mass is 127. The fourth-order valence-corrected chi connectivity index (χ4v) is 2.60. The summed E-state index contributed by atoms with van der Waals surface area (Å²) in [4.78, 5) is 6.94. The Morgan fingerprint density at radius 2 is 1.91 bits per heavy atom. The summed E-state index contributed by atoms with van der Waals surface area (Å²) in [6, 6.07) is 8.17. The van der Waals surface area contributed by atoms with Gasteiger partial charge in [-0.3, -0.25) is 4.99 Å². The van der Waals surface area contributed by atoms with Crippen LogP contribution >= 0.6 is 24.0 Å². The molecule has 1 saturated heterocycles. The van der Waals surface area contributed by atoms with Gasteiger partial charge in [0.1, 0.15) is 0 Å². The number of benzene rings is 1. The standard InChI is InChI=1S/C17H28N4.HI/c1-14-4-6-16(7-5-14)20-17(18)19-10-3-11-21-12-8-15(2)9-13-21;/h4-7,15H,3,8-13H2,1-2H3,(H3,18,19,20);1H. The molecule has 0 saturated carbocycles. The van der Waals surface area contributed by atoms with Crippen LogP contribution in [0.5, 0.6) is 0 Å². The molecule has 0 unspecified atom stereocenters. The number of nitrogens with one attached hydrogen (secondary N) is 1. The molecule has 1 aromatic carbocycles. The highest BCUT2D eigenvalue weighted by molar-refractivity contribution is 14.0. The molecule has 0 bridgehead atoms. The number of nitrogens with zero attached hydrogens (tertiary/aromatic N) is 2. The van der Waals surface area contributed by atoms with E-state index in [0.717, 1.165) is 31.1 Å². The van der Waals surface area contributed by atoms with Crippen molar-refractivity contribution in [2.24, 2.45) is 16.6 Å². The molecule has 0 spiro atoms. The minimum atomic E-state index is 0. The number of aryl methyl sites for hydroxylation is 1. The number of aliphatic imine (C=N–C) groups is 1. The summed E-state index contributed by atoms with van der Waals surface area (Å²) in [5, 5.41) is 3.13. The van der Waals surface area contributed by atoms with Gasteiger partial charge >= 0.3 is 0 Å². The van der Waals surface area contributed by atoms with Crippen LogP contribution in [0.25, 0.3) is 0 Å². The van der Waals surface area contributed by atoms with Crippen molar-refractivity contribution in [3.63, 3.8) is 0 Å². The Morgan fingerprint density at radius 1 is 1.27 bits per heavy atom. The number of nitrogens with two attached hydrogens (primary N) is 1. The number of piperidine rings is 1. The van der Waals surface area contributed by atoms with Gasteiger partial charge in [-0.25, -0.2) is 0 Å². The Bertz CT molecular complexity index is 450. The molecule has 1 aliphatic rings. The largest absolute Gasteiger partial charge is 0.370 e. The quantitative estimate of drug-likeness (QED) is 0.335. The molecule has 0 atom stereocenters. The van der Waals surface area contributed by atoms with E-state index in [9.17, 15) is 0 Å². The molecule has 0 aliphatic carbocycles. The fraction of sp³-hybridized carbons (Fsp3) is 0.588. The summed E-state index contributed by atoms with van der Waals surface area (Å²) >= 11 is 0. The third-order valence-corrected chi connectivity index (χ3v) is 4.11.